The van der Waals surface area contributed by atoms with Gasteiger partial charge in [0.1, 0.15) is 18.5 Å². The zero-order valence-electron chi connectivity index (χ0n) is 15.0. The van der Waals surface area contributed by atoms with Gasteiger partial charge in [-0.05, 0) is 32.0 Å². The Bertz CT molecular complexity index is 712. The average Bonchev–Trinajstić information content (AvgIpc) is 2.97. The quantitative estimate of drug-likeness (QED) is 0.834. The summed E-state index contributed by atoms with van der Waals surface area (Å²) < 4.78 is 13.6. The fourth-order valence-corrected chi connectivity index (χ4v) is 3.12. The molecule has 25 heavy (non-hydrogen) atoms. The van der Waals surface area contributed by atoms with Crippen molar-refractivity contribution in [3.8, 4) is 5.75 Å². The minimum Gasteiger partial charge on any atom is -0.491 e. The van der Waals surface area contributed by atoms with Crippen LogP contribution in [0.5, 0.6) is 5.75 Å². The molecule has 0 radical (unpaired) electrons. The van der Waals surface area contributed by atoms with Crippen molar-refractivity contribution in [1.29, 1.82) is 0 Å². The number of rotatable bonds is 5. The fraction of sp³-hybridized carbons (Fsp3) is 0.474. The Morgan fingerprint density at radius 3 is 2.76 bits per heavy atom. The van der Waals surface area contributed by atoms with Crippen molar-refractivity contribution in [2.75, 3.05) is 19.7 Å². The second kappa shape index (κ2) is 7.27. The number of amides is 1. The molecule has 6 nitrogen and oxygen atoms in total. The maximum absolute atomic E-state index is 12.7. The van der Waals surface area contributed by atoms with E-state index in [4.69, 9.17) is 9.47 Å². The van der Waals surface area contributed by atoms with Gasteiger partial charge in [-0.2, -0.15) is 5.10 Å². The molecule has 1 atom stereocenters. The molecule has 1 aromatic heterocycles. The summed E-state index contributed by atoms with van der Waals surface area (Å²) in [5.74, 6) is 0.895. The largest absolute Gasteiger partial charge is 0.491 e. The third kappa shape index (κ3) is 4.60. The van der Waals surface area contributed by atoms with Crippen LogP contribution in [0.3, 0.4) is 0 Å². The van der Waals surface area contributed by atoms with Crippen LogP contribution < -0.4 is 4.74 Å². The number of aromatic nitrogens is 2. The number of aryl methyl sites for hydroxylation is 1. The van der Waals surface area contributed by atoms with E-state index in [9.17, 15) is 4.79 Å². The third-order valence-electron chi connectivity index (χ3n) is 4.27. The molecule has 3 rings (SSSR count). The molecule has 134 valence electrons. The molecule has 1 saturated heterocycles. The first kappa shape index (κ1) is 17.5. The number of carbonyl (C=O) groups is 1. The third-order valence-corrected chi connectivity index (χ3v) is 4.27. The van der Waals surface area contributed by atoms with Crippen LogP contribution in [-0.2, 0) is 23.0 Å². The standard InChI is InChI=1S/C19H25N3O3/c1-19(2)14-22(18(23)11-15-9-10-20-21(15)3)12-17(25-19)13-24-16-7-5-4-6-8-16/h4-10,17H,11-14H2,1-3H3. The van der Waals surface area contributed by atoms with Gasteiger partial charge >= 0.3 is 0 Å². The number of hydrogen-bond donors (Lipinski definition) is 0. The second-order valence-corrected chi connectivity index (χ2v) is 7.02. The molecule has 1 amide bonds. The van der Waals surface area contributed by atoms with Crippen molar-refractivity contribution in [3.05, 3.63) is 48.3 Å². The Morgan fingerprint density at radius 2 is 2.08 bits per heavy atom. The van der Waals surface area contributed by atoms with Gasteiger partial charge in [-0.1, -0.05) is 18.2 Å². The molecule has 6 heteroatoms. The average molecular weight is 343 g/mol. The zero-order chi connectivity index (χ0) is 17.9. The first-order chi connectivity index (χ1) is 11.9. The van der Waals surface area contributed by atoms with Crippen LogP contribution in [0.4, 0.5) is 0 Å². The van der Waals surface area contributed by atoms with Gasteiger partial charge in [0.05, 0.1) is 18.6 Å². The van der Waals surface area contributed by atoms with Crippen molar-refractivity contribution in [2.45, 2.75) is 32.0 Å². The fourth-order valence-electron chi connectivity index (χ4n) is 3.12. The van der Waals surface area contributed by atoms with Crippen LogP contribution in [0.2, 0.25) is 0 Å². The lowest BCUT2D eigenvalue weighted by molar-refractivity contribution is -0.165. The maximum atomic E-state index is 12.7. The lowest BCUT2D eigenvalue weighted by Crippen LogP contribution is -2.56. The molecule has 1 fully saturated rings. The predicted molar refractivity (Wildman–Crippen MR) is 94.4 cm³/mol. The van der Waals surface area contributed by atoms with Gasteiger partial charge in [0.15, 0.2) is 0 Å². The van der Waals surface area contributed by atoms with Gasteiger partial charge in [0, 0.05) is 25.5 Å². The van der Waals surface area contributed by atoms with E-state index < -0.39 is 5.60 Å². The van der Waals surface area contributed by atoms with Crippen LogP contribution in [0.15, 0.2) is 42.6 Å². The number of nitrogens with zero attached hydrogens (tertiary/aromatic N) is 3. The molecule has 0 aliphatic carbocycles. The minimum absolute atomic E-state index is 0.0877. The summed E-state index contributed by atoms with van der Waals surface area (Å²) in [5, 5.41) is 4.12. The van der Waals surface area contributed by atoms with Crippen LogP contribution in [-0.4, -0.2) is 52.0 Å². The van der Waals surface area contributed by atoms with Crippen molar-refractivity contribution < 1.29 is 14.3 Å². The van der Waals surface area contributed by atoms with Gasteiger partial charge in [-0.3, -0.25) is 9.48 Å². The van der Waals surface area contributed by atoms with E-state index in [1.54, 1.807) is 10.9 Å². The van der Waals surface area contributed by atoms with Gasteiger partial charge in [-0.25, -0.2) is 0 Å². The molecule has 1 unspecified atom stereocenters. The smallest absolute Gasteiger partial charge is 0.228 e. The predicted octanol–water partition coefficient (Wildman–Crippen LogP) is 2.05. The summed E-state index contributed by atoms with van der Waals surface area (Å²) in [5.41, 5.74) is 0.511. The number of ether oxygens (including phenoxy) is 2. The molecule has 0 spiro atoms. The number of hydrogen-bond acceptors (Lipinski definition) is 4. The van der Waals surface area contributed by atoms with Crippen LogP contribution in [0, 0.1) is 0 Å². The lowest BCUT2D eigenvalue weighted by Gasteiger charge is -2.42. The molecule has 2 aromatic rings. The Hall–Kier alpha value is -2.34. The molecular weight excluding hydrogens is 318 g/mol. The highest BCUT2D eigenvalue weighted by atomic mass is 16.5. The maximum Gasteiger partial charge on any atom is 0.228 e. The van der Waals surface area contributed by atoms with E-state index in [1.807, 2.05) is 62.2 Å². The van der Waals surface area contributed by atoms with E-state index in [1.165, 1.54) is 0 Å². The van der Waals surface area contributed by atoms with Crippen molar-refractivity contribution in [1.82, 2.24) is 14.7 Å². The Labute approximate surface area is 148 Å². The van der Waals surface area contributed by atoms with E-state index in [0.29, 0.717) is 26.1 Å². The number of morpholine rings is 1. The summed E-state index contributed by atoms with van der Waals surface area (Å²) >= 11 is 0. The van der Waals surface area contributed by atoms with Crippen LogP contribution >= 0.6 is 0 Å². The van der Waals surface area contributed by atoms with Crippen molar-refractivity contribution >= 4 is 5.91 Å². The zero-order valence-corrected chi connectivity index (χ0v) is 15.0. The Kier molecular flexibility index (Phi) is 5.08. The van der Waals surface area contributed by atoms with Crippen LogP contribution in [0.1, 0.15) is 19.5 Å². The topological polar surface area (TPSA) is 56.6 Å². The molecule has 0 N–H and O–H groups in total. The molecule has 0 saturated carbocycles. The lowest BCUT2D eigenvalue weighted by atomic mass is 10.0. The van der Waals surface area contributed by atoms with Gasteiger partial charge < -0.3 is 14.4 Å². The highest BCUT2D eigenvalue weighted by Crippen LogP contribution is 2.22. The normalized spacial score (nSPS) is 19.6. The summed E-state index contributed by atoms with van der Waals surface area (Å²) in [7, 11) is 1.85. The molecule has 1 aromatic carbocycles. The van der Waals surface area contributed by atoms with Crippen molar-refractivity contribution in [2.24, 2.45) is 7.05 Å². The summed E-state index contributed by atoms with van der Waals surface area (Å²) in [6.45, 7) is 5.54. The Balaban J connectivity index is 1.62. The van der Waals surface area contributed by atoms with Gasteiger partial charge in [-0.15, -0.1) is 0 Å². The van der Waals surface area contributed by atoms with Gasteiger partial charge in [0.2, 0.25) is 5.91 Å². The minimum atomic E-state index is -0.398. The summed E-state index contributed by atoms with van der Waals surface area (Å²) in [4.78, 5) is 14.6. The van der Waals surface area contributed by atoms with E-state index in [2.05, 4.69) is 5.10 Å². The first-order valence-corrected chi connectivity index (χ1v) is 8.53. The van der Waals surface area contributed by atoms with Crippen molar-refractivity contribution in [3.63, 3.8) is 0 Å². The Morgan fingerprint density at radius 1 is 1.32 bits per heavy atom. The SMILES string of the molecule is Cn1nccc1CC(=O)N1CC(COc2ccccc2)OC(C)(C)C1. The first-order valence-electron chi connectivity index (χ1n) is 8.53. The summed E-state index contributed by atoms with van der Waals surface area (Å²) in [6, 6.07) is 11.5. The molecule has 1 aliphatic rings. The summed E-state index contributed by atoms with van der Waals surface area (Å²) in [6.07, 6.45) is 1.90. The molecule has 2 heterocycles. The number of benzene rings is 1. The highest BCUT2D eigenvalue weighted by Gasteiger charge is 2.36. The number of para-hydroxylation sites is 1. The highest BCUT2D eigenvalue weighted by molar-refractivity contribution is 5.78. The molecular formula is C19H25N3O3. The van der Waals surface area contributed by atoms with E-state index >= 15 is 0 Å². The molecule has 0 bridgehead atoms. The van der Waals surface area contributed by atoms with Gasteiger partial charge in [0.25, 0.3) is 0 Å². The van der Waals surface area contributed by atoms with Crippen LogP contribution in [0.25, 0.3) is 0 Å². The van der Waals surface area contributed by atoms with E-state index in [0.717, 1.165) is 11.4 Å². The second-order valence-electron chi connectivity index (χ2n) is 7.02. The monoisotopic (exact) mass is 343 g/mol. The molecule has 1 aliphatic heterocycles. The van der Waals surface area contributed by atoms with E-state index in [-0.39, 0.29) is 12.0 Å². The number of carbonyl (C=O) groups excluding carboxylic acids is 1.